The van der Waals surface area contributed by atoms with E-state index in [-0.39, 0.29) is 47.9 Å². The summed E-state index contributed by atoms with van der Waals surface area (Å²) >= 11 is 0. The van der Waals surface area contributed by atoms with E-state index in [1.165, 1.54) is 12.1 Å². The maximum Gasteiger partial charge on any atom is 0.191 e. The highest BCUT2D eigenvalue weighted by atomic mass is 127. The third kappa shape index (κ3) is 8.61. The molecular weight excluding hydrogens is 470 g/mol. The average Bonchev–Trinajstić information content (AvgIpc) is 2.66. The van der Waals surface area contributed by atoms with Crippen molar-refractivity contribution in [2.75, 3.05) is 40.3 Å². The van der Waals surface area contributed by atoms with Crippen LogP contribution in [0.15, 0.2) is 29.3 Å². The van der Waals surface area contributed by atoms with Gasteiger partial charge in [-0.1, -0.05) is 26.0 Å². The lowest BCUT2D eigenvalue weighted by Gasteiger charge is -2.30. The second kappa shape index (κ2) is 14.1. The average molecular weight is 508 g/mol. The van der Waals surface area contributed by atoms with Gasteiger partial charge < -0.3 is 20.6 Å². The smallest absolute Gasteiger partial charge is 0.191 e. The van der Waals surface area contributed by atoms with Gasteiger partial charge in [0.2, 0.25) is 0 Å². The van der Waals surface area contributed by atoms with Crippen molar-refractivity contribution >= 4 is 29.9 Å². The van der Waals surface area contributed by atoms with E-state index in [4.69, 9.17) is 4.99 Å². The van der Waals surface area contributed by atoms with E-state index in [1.807, 2.05) is 33.2 Å². The molecule has 0 saturated heterocycles. The van der Waals surface area contributed by atoms with Crippen LogP contribution < -0.4 is 10.6 Å². The Morgan fingerprint density at radius 3 is 2.21 bits per heavy atom. The molecule has 0 spiro atoms. The van der Waals surface area contributed by atoms with E-state index >= 15 is 0 Å². The summed E-state index contributed by atoms with van der Waals surface area (Å²) in [5.41, 5.74) is 1.09. The maximum absolute atomic E-state index is 13.2. The van der Waals surface area contributed by atoms with Gasteiger partial charge in [0.25, 0.3) is 0 Å². The fourth-order valence-corrected chi connectivity index (χ4v) is 3.21. The molecule has 1 aromatic carbocycles. The van der Waals surface area contributed by atoms with Crippen LogP contribution >= 0.6 is 24.0 Å². The van der Waals surface area contributed by atoms with E-state index in [0.717, 1.165) is 37.3 Å². The molecule has 0 amide bonds. The zero-order valence-electron chi connectivity index (χ0n) is 18.0. The van der Waals surface area contributed by atoms with Crippen molar-refractivity contribution in [3.8, 4) is 0 Å². The van der Waals surface area contributed by atoms with Gasteiger partial charge in [-0.3, -0.25) is 4.99 Å². The number of likely N-dealkylation sites (N-methyl/N-ethyl adjacent to an activating group) is 1. The number of hydrogen-bond donors (Lipinski definition) is 3. The normalized spacial score (nSPS) is 13.2. The minimum atomic E-state index is -0.224. The molecule has 7 heteroatoms. The van der Waals surface area contributed by atoms with Gasteiger partial charge in [-0.2, -0.15) is 0 Å². The van der Waals surface area contributed by atoms with Gasteiger partial charge >= 0.3 is 0 Å². The van der Waals surface area contributed by atoms with Crippen molar-refractivity contribution in [3.05, 3.63) is 35.6 Å². The lowest BCUT2D eigenvalue weighted by molar-refractivity contribution is 0.175. The summed E-state index contributed by atoms with van der Waals surface area (Å²) in [6.45, 7) is 8.67. The molecule has 0 aromatic heterocycles. The molecule has 1 aromatic rings. The highest BCUT2D eigenvalue weighted by molar-refractivity contribution is 14.0. The molecule has 3 N–H and O–H groups in total. The topological polar surface area (TPSA) is 59.9 Å². The van der Waals surface area contributed by atoms with Crippen LogP contribution in [0.3, 0.4) is 0 Å². The number of nitrogens with zero attached hydrogens (tertiary/aromatic N) is 2. The van der Waals surface area contributed by atoms with Crippen molar-refractivity contribution in [1.29, 1.82) is 0 Å². The summed E-state index contributed by atoms with van der Waals surface area (Å²) < 4.78 is 13.2. The summed E-state index contributed by atoms with van der Waals surface area (Å²) in [5.74, 6) is 0.550. The lowest BCUT2D eigenvalue weighted by atomic mass is 9.79. The number of rotatable bonds is 11. The number of hydrogen-bond acceptors (Lipinski definition) is 3. The predicted molar refractivity (Wildman–Crippen MR) is 127 cm³/mol. The Hall–Kier alpha value is -0.930. The standard InChI is InChI=1S/C21H37FN4O.HI/c1-6-21(7-2,13-14-27)16-25-20(23-8-3)24-15-19(26(4)5)17-9-11-18(22)12-10-17;/h9-12,19,27H,6-8,13-16H2,1-5H3,(H2,23,24,25);1H. The second-order valence-electron chi connectivity index (χ2n) is 7.29. The first-order valence-corrected chi connectivity index (χ1v) is 9.96. The van der Waals surface area contributed by atoms with Crippen molar-refractivity contribution in [3.63, 3.8) is 0 Å². The summed E-state index contributed by atoms with van der Waals surface area (Å²) in [5, 5.41) is 16.1. The van der Waals surface area contributed by atoms with Crippen LogP contribution in [-0.4, -0.2) is 56.3 Å². The zero-order valence-corrected chi connectivity index (χ0v) is 20.3. The fraction of sp³-hybridized carbons (Fsp3) is 0.667. The Bertz CT molecular complexity index is 562. The van der Waals surface area contributed by atoms with Gasteiger partial charge in [0, 0.05) is 26.2 Å². The second-order valence-corrected chi connectivity index (χ2v) is 7.29. The number of benzene rings is 1. The first-order valence-electron chi connectivity index (χ1n) is 9.96. The van der Waals surface area contributed by atoms with Gasteiger partial charge in [0.15, 0.2) is 5.96 Å². The number of aliphatic hydroxyl groups excluding tert-OH is 1. The molecule has 0 aliphatic rings. The summed E-state index contributed by atoms with van der Waals surface area (Å²) in [6.07, 6.45) is 2.74. The summed E-state index contributed by atoms with van der Waals surface area (Å²) in [4.78, 5) is 6.90. The van der Waals surface area contributed by atoms with Crippen LogP contribution in [0.1, 0.15) is 51.6 Å². The minimum Gasteiger partial charge on any atom is -0.396 e. The Morgan fingerprint density at radius 2 is 1.75 bits per heavy atom. The third-order valence-electron chi connectivity index (χ3n) is 5.40. The molecule has 5 nitrogen and oxygen atoms in total. The zero-order chi connectivity index (χ0) is 20.3. The number of nitrogens with one attached hydrogen (secondary N) is 2. The van der Waals surface area contributed by atoms with Gasteiger partial charge in [0.05, 0.1) is 6.04 Å². The van der Waals surface area contributed by atoms with E-state index in [0.29, 0.717) is 13.1 Å². The van der Waals surface area contributed by atoms with E-state index in [9.17, 15) is 9.50 Å². The predicted octanol–water partition coefficient (Wildman–Crippen LogP) is 3.79. The first-order chi connectivity index (χ1) is 12.9. The Labute approximate surface area is 187 Å². The molecule has 0 heterocycles. The lowest BCUT2D eigenvalue weighted by Crippen LogP contribution is -2.42. The highest BCUT2D eigenvalue weighted by Crippen LogP contribution is 2.30. The molecule has 0 radical (unpaired) electrons. The van der Waals surface area contributed by atoms with Gasteiger partial charge in [-0.05, 0) is 63.4 Å². The third-order valence-corrected chi connectivity index (χ3v) is 5.40. The van der Waals surface area contributed by atoms with Gasteiger partial charge in [-0.25, -0.2) is 4.39 Å². The first kappa shape index (κ1) is 27.1. The molecule has 162 valence electrons. The van der Waals surface area contributed by atoms with Crippen LogP contribution in [0, 0.1) is 11.2 Å². The molecule has 0 aliphatic heterocycles. The van der Waals surface area contributed by atoms with E-state index in [1.54, 1.807) is 0 Å². The van der Waals surface area contributed by atoms with E-state index in [2.05, 4.69) is 29.4 Å². The molecular formula is C21H38FIN4O. The molecule has 1 unspecified atom stereocenters. The number of aliphatic hydroxyl groups is 1. The Kier molecular flexibility index (Phi) is 13.6. The minimum absolute atomic E-state index is 0. The van der Waals surface area contributed by atoms with Crippen LogP contribution in [0.4, 0.5) is 4.39 Å². The quantitative estimate of drug-likeness (QED) is 0.242. The van der Waals surface area contributed by atoms with E-state index < -0.39 is 0 Å². The maximum atomic E-state index is 13.2. The summed E-state index contributed by atoms with van der Waals surface area (Å²) in [6, 6.07) is 6.75. The van der Waals surface area contributed by atoms with Crippen molar-refractivity contribution < 1.29 is 9.50 Å². The molecule has 1 rings (SSSR count). The van der Waals surface area contributed by atoms with Crippen LogP contribution in [-0.2, 0) is 0 Å². The largest absolute Gasteiger partial charge is 0.396 e. The van der Waals surface area contributed by atoms with Gasteiger partial charge in [-0.15, -0.1) is 24.0 Å². The monoisotopic (exact) mass is 508 g/mol. The fourth-order valence-electron chi connectivity index (χ4n) is 3.21. The molecule has 1 atom stereocenters. The molecule has 0 saturated carbocycles. The summed E-state index contributed by atoms with van der Waals surface area (Å²) in [7, 11) is 4.03. The Balaban J connectivity index is 0.00000729. The molecule has 0 fully saturated rings. The number of guanidine groups is 1. The van der Waals surface area contributed by atoms with Crippen LogP contribution in [0.5, 0.6) is 0 Å². The number of aliphatic imine (C=N–C) groups is 1. The van der Waals surface area contributed by atoms with Crippen LogP contribution in [0.2, 0.25) is 0 Å². The molecule has 28 heavy (non-hydrogen) atoms. The van der Waals surface area contributed by atoms with Crippen molar-refractivity contribution in [2.24, 2.45) is 10.4 Å². The van der Waals surface area contributed by atoms with Crippen molar-refractivity contribution in [2.45, 2.75) is 46.1 Å². The number of halogens is 2. The molecule has 0 bridgehead atoms. The highest BCUT2D eigenvalue weighted by Gasteiger charge is 2.25. The van der Waals surface area contributed by atoms with Crippen molar-refractivity contribution in [1.82, 2.24) is 15.5 Å². The molecule has 0 aliphatic carbocycles. The van der Waals surface area contributed by atoms with Gasteiger partial charge in [0.1, 0.15) is 5.82 Å². The Morgan fingerprint density at radius 1 is 1.14 bits per heavy atom. The van der Waals surface area contributed by atoms with Crippen LogP contribution in [0.25, 0.3) is 0 Å². The SMILES string of the molecule is CCNC(=NCC(CC)(CC)CCO)NCC(c1ccc(F)cc1)N(C)C.I.